The van der Waals surface area contributed by atoms with E-state index >= 15 is 0 Å². The van der Waals surface area contributed by atoms with Crippen LogP contribution in [0.1, 0.15) is 45.4 Å². The van der Waals surface area contributed by atoms with Gasteiger partial charge in [-0.1, -0.05) is 39.0 Å². The Morgan fingerprint density at radius 3 is 1.81 bits per heavy atom. The molecular formula is C24H27NS2. The van der Waals surface area contributed by atoms with Crippen LogP contribution in [0.15, 0.2) is 59.3 Å². The van der Waals surface area contributed by atoms with Crippen LogP contribution in [0.2, 0.25) is 0 Å². The third kappa shape index (κ3) is 4.36. The molecule has 0 amide bonds. The Morgan fingerprint density at radius 1 is 0.667 bits per heavy atom. The monoisotopic (exact) mass is 393 g/mol. The van der Waals surface area contributed by atoms with Crippen molar-refractivity contribution in [2.24, 2.45) is 0 Å². The Morgan fingerprint density at radius 2 is 1.22 bits per heavy atom. The van der Waals surface area contributed by atoms with E-state index in [1.54, 1.807) is 0 Å². The zero-order valence-electron chi connectivity index (χ0n) is 16.0. The van der Waals surface area contributed by atoms with Crippen LogP contribution >= 0.6 is 22.7 Å². The largest absolute Gasteiger partial charge is 0.341 e. The second-order valence-corrected chi connectivity index (χ2v) is 9.10. The van der Waals surface area contributed by atoms with Crippen LogP contribution in [0.3, 0.4) is 0 Å². The summed E-state index contributed by atoms with van der Waals surface area (Å²) in [5, 5.41) is 7.07. The minimum Gasteiger partial charge on any atom is -0.341 e. The topological polar surface area (TPSA) is 3.24 Å². The molecule has 0 aliphatic rings. The van der Waals surface area contributed by atoms with Crippen LogP contribution in [0.5, 0.6) is 0 Å². The van der Waals surface area contributed by atoms with Crippen molar-refractivity contribution in [3.05, 3.63) is 59.3 Å². The van der Waals surface area contributed by atoms with E-state index < -0.39 is 0 Å². The average molecular weight is 394 g/mol. The number of rotatable bonds is 9. The molecule has 0 aliphatic carbocycles. The summed E-state index contributed by atoms with van der Waals surface area (Å²) in [6.45, 7) is 3.36. The normalized spacial score (nSPS) is 11.4. The molecule has 4 rings (SSSR count). The molecule has 0 atom stereocenters. The number of hydrogen-bond acceptors (Lipinski definition) is 3. The second-order valence-electron chi connectivity index (χ2n) is 7.20. The van der Waals surface area contributed by atoms with Crippen molar-refractivity contribution < 1.29 is 0 Å². The maximum Gasteiger partial charge on any atom is 0.0417 e. The fraction of sp³-hybridized carbons (Fsp3) is 0.333. The molecule has 0 bridgehead atoms. The molecule has 2 heterocycles. The fourth-order valence-corrected chi connectivity index (χ4v) is 5.24. The van der Waals surface area contributed by atoms with Crippen molar-refractivity contribution in [1.82, 2.24) is 0 Å². The number of anilines is 2. The van der Waals surface area contributed by atoms with Gasteiger partial charge in [0.05, 0.1) is 0 Å². The van der Waals surface area contributed by atoms with Gasteiger partial charge in [-0.05, 0) is 76.5 Å². The lowest BCUT2D eigenvalue weighted by atomic mass is 10.1. The number of fused-ring (bicyclic) bond motifs is 2. The van der Waals surface area contributed by atoms with Crippen LogP contribution in [-0.2, 0) is 0 Å². The Balaban J connectivity index is 1.57. The molecule has 2 aromatic carbocycles. The highest BCUT2D eigenvalue weighted by Gasteiger charge is 2.11. The maximum atomic E-state index is 2.51. The van der Waals surface area contributed by atoms with Gasteiger partial charge in [-0.25, -0.2) is 0 Å². The zero-order valence-corrected chi connectivity index (χ0v) is 17.6. The SMILES string of the molecule is CCCCCCCCN(c1ccc2sccc2c1)c1ccc2sccc2c1. The van der Waals surface area contributed by atoms with Gasteiger partial charge in [-0.2, -0.15) is 0 Å². The van der Waals surface area contributed by atoms with E-state index in [2.05, 4.69) is 71.1 Å². The van der Waals surface area contributed by atoms with Crippen molar-refractivity contribution >= 4 is 54.2 Å². The molecule has 0 fully saturated rings. The van der Waals surface area contributed by atoms with E-state index in [9.17, 15) is 0 Å². The van der Waals surface area contributed by atoms with Gasteiger partial charge in [-0.15, -0.1) is 22.7 Å². The zero-order chi connectivity index (χ0) is 18.5. The molecule has 0 N–H and O–H groups in total. The van der Waals surface area contributed by atoms with Gasteiger partial charge in [0.1, 0.15) is 0 Å². The molecule has 3 heteroatoms. The van der Waals surface area contributed by atoms with Crippen molar-refractivity contribution in [1.29, 1.82) is 0 Å². The first-order chi connectivity index (χ1) is 13.3. The molecule has 140 valence electrons. The van der Waals surface area contributed by atoms with Crippen LogP contribution < -0.4 is 4.90 Å². The third-order valence-electron chi connectivity index (χ3n) is 5.23. The predicted molar refractivity (Wildman–Crippen MR) is 124 cm³/mol. The summed E-state index contributed by atoms with van der Waals surface area (Å²) in [6.07, 6.45) is 7.97. The van der Waals surface area contributed by atoms with E-state index in [0.717, 1.165) is 6.54 Å². The van der Waals surface area contributed by atoms with Crippen molar-refractivity contribution in [2.45, 2.75) is 45.4 Å². The van der Waals surface area contributed by atoms with E-state index in [-0.39, 0.29) is 0 Å². The van der Waals surface area contributed by atoms with E-state index in [0.29, 0.717) is 0 Å². The van der Waals surface area contributed by atoms with Crippen LogP contribution in [-0.4, -0.2) is 6.54 Å². The molecule has 2 aromatic heterocycles. The maximum absolute atomic E-state index is 2.51. The molecule has 0 unspecified atom stereocenters. The molecule has 4 aromatic rings. The summed E-state index contributed by atoms with van der Waals surface area (Å²) in [7, 11) is 0. The quantitative estimate of drug-likeness (QED) is 0.257. The Bertz CT molecular complexity index is 924. The summed E-state index contributed by atoms with van der Waals surface area (Å²) >= 11 is 3.64. The predicted octanol–water partition coefficient (Wildman–Crippen LogP) is 8.61. The summed E-state index contributed by atoms with van der Waals surface area (Å²) in [6, 6.07) is 18.3. The highest BCUT2D eigenvalue weighted by atomic mass is 32.1. The highest BCUT2D eigenvalue weighted by molar-refractivity contribution is 7.17. The first-order valence-corrected chi connectivity index (χ1v) is 11.8. The van der Waals surface area contributed by atoms with Gasteiger partial charge < -0.3 is 4.90 Å². The lowest BCUT2D eigenvalue weighted by molar-refractivity contribution is 0.609. The van der Waals surface area contributed by atoms with Crippen molar-refractivity contribution in [2.75, 3.05) is 11.4 Å². The first kappa shape index (κ1) is 18.5. The summed E-state index contributed by atoms with van der Waals surface area (Å²) in [4.78, 5) is 2.51. The highest BCUT2D eigenvalue weighted by Crippen LogP contribution is 2.33. The molecule has 0 aliphatic heterocycles. The van der Waals surface area contributed by atoms with Gasteiger partial charge in [0.15, 0.2) is 0 Å². The third-order valence-corrected chi connectivity index (χ3v) is 7.03. The Hall–Kier alpha value is -1.84. The van der Waals surface area contributed by atoms with Crippen LogP contribution in [0.25, 0.3) is 20.2 Å². The molecule has 0 saturated carbocycles. The van der Waals surface area contributed by atoms with E-state index in [1.165, 1.54) is 70.1 Å². The smallest absolute Gasteiger partial charge is 0.0417 e. The minimum absolute atomic E-state index is 1.08. The summed E-state index contributed by atoms with van der Waals surface area (Å²) in [5.74, 6) is 0. The lowest BCUT2D eigenvalue weighted by Gasteiger charge is -2.25. The van der Waals surface area contributed by atoms with Gasteiger partial charge >= 0.3 is 0 Å². The number of hydrogen-bond donors (Lipinski definition) is 0. The lowest BCUT2D eigenvalue weighted by Crippen LogP contribution is -2.18. The number of nitrogens with zero attached hydrogens (tertiary/aromatic N) is 1. The first-order valence-electron chi connectivity index (χ1n) is 10.1. The van der Waals surface area contributed by atoms with E-state index in [4.69, 9.17) is 0 Å². The molecule has 0 radical (unpaired) electrons. The summed E-state index contributed by atoms with van der Waals surface area (Å²) in [5.41, 5.74) is 2.62. The second kappa shape index (κ2) is 8.90. The molecule has 1 nitrogen and oxygen atoms in total. The van der Waals surface area contributed by atoms with Crippen LogP contribution in [0, 0.1) is 0 Å². The number of benzene rings is 2. The molecule has 0 spiro atoms. The van der Waals surface area contributed by atoms with Crippen LogP contribution in [0.4, 0.5) is 11.4 Å². The minimum atomic E-state index is 1.08. The van der Waals surface area contributed by atoms with E-state index in [1.807, 2.05) is 22.7 Å². The molecule has 27 heavy (non-hydrogen) atoms. The van der Waals surface area contributed by atoms with Crippen molar-refractivity contribution in [3.63, 3.8) is 0 Å². The fourth-order valence-electron chi connectivity index (χ4n) is 3.70. The van der Waals surface area contributed by atoms with Crippen molar-refractivity contribution in [3.8, 4) is 0 Å². The molecule has 0 saturated heterocycles. The molecular weight excluding hydrogens is 366 g/mol. The average Bonchev–Trinajstić information content (AvgIpc) is 3.35. The number of unbranched alkanes of at least 4 members (excludes halogenated alkanes) is 5. The Kier molecular flexibility index (Phi) is 6.10. The Labute approximate surface area is 170 Å². The van der Waals surface area contributed by atoms with Gasteiger partial charge in [-0.3, -0.25) is 0 Å². The number of thiophene rings is 2. The summed E-state index contributed by atoms with van der Waals surface area (Å²) < 4.78 is 2.73. The standard InChI is InChI=1S/C24H27NS2/c1-2-3-4-5-6-7-14-25(21-8-10-23-19(17-21)12-15-26-23)22-9-11-24-20(18-22)13-16-27-24/h8-13,15-18H,2-7,14H2,1H3. The van der Waals surface area contributed by atoms with Gasteiger partial charge in [0.2, 0.25) is 0 Å². The van der Waals surface area contributed by atoms with Gasteiger partial charge in [0.25, 0.3) is 0 Å². The van der Waals surface area contributed by atoms with Gasteiger partial charge in [0, 0.05) is 27.3 Å².